The van der Waals surface area contributed by atoms with Gasteiger partial charge in [-0.05, 0) is 17.7 Å². The molecular formula is C12H13N3O4S. The number of aromatic carboxylic acids is 1. The zero-order chi connectivity index (χ0) is 14.8. The van der Waals surface area contributed by atoms with E-state index < -0.39 is 16.0 Å². The van der Waals surface area contributed by atoms with Gasteiger partial charge in [-0.25, -0.2) is 22.9 Å². The van der Waals surface area contributed by atoms with E-state index >= 15 is 0 Å². The Morgan fingerprint density at radius 2 is 2.15 bits per heavy atom. The molecule has 7 nitrogen and oxygen atoms in total. The summed E-state index contributed by atoms with van der Waals surface area (Å²) in [6.45, 7) is 0.0458. The van der Waals surface area contributed by atoms with Gasteiger partial charge in [-0.1, -0.05) is 6.07 Å². The summed E-state index contributed by atoms with van der Waals surface area (Å²) in [4.78, 5) is 14.5. The number of rotatable bonds is 5. The topological polar surface area (TPSA) is 101 Å². The first kappa shape index (κ1) is 14.2. The zero-order valence-corrected chi connectivity index (χ0v) is 11.5. The maximum atomic E-state index is 12.0. The molecule has 0 aliphatic heterocycles. The van der Waals surface area contributed by atoms with Crippen molar-refractivity contribution >= 4 is 16.0 Å². The molecule has 0 aliphatic rings. The van der Waals surface area contributed by atoms with Gasteiger partial charge >= 0.3 is 5.97 Å². The summed E-state index contributed by atoms with van der Waals surface area (Å²) in [5.74, 6) is -1.12. The molecule has 2 heterocycles. The van der Waals surface area contributed by atoms with Gasteiger partial charge in [0.1, 0.15) is 5.69 Å². The van der Waals surface area contributed by atoms with E-state index in [1.165, 1.54) is 30.6 Å². The number of nitrogens with one attached hydrogen (secondary N) is 1. The number of hydrogen-bond donors (Lipinski definition) is 2. The van der Waals surface area contributed by atoms with E-state index in [1.54, 1.807) is 17.8 Å². The fourth-order valence-electron chi connectivity index (χ4n) is 1.55. The molecule has 0 unspecified atom stereocenters. The molecule has 0 saturated carbocycles. The van der Waals surface area contributed by atoms with E-state index in [-0.39, 0.29) is 17.1 Å². The Hall–Kier alpha value is -2.19. The Morgan fingerprint density at radius 1 is 1.40 bits per heavy atom. The van der Waals surface area contributed by atoms with Crippen LogP contribution in [0.3, 0.4) is 0 Å². The van der Waals surface area contributed by atoms with Crippen LogP contribution in [0.1, 0.15) is 16.1 Å². The molecule has 0 aromatic carbocycles. The normalized spacial score (nSPS) is 11.4. The molecule has 0 fully saturated rings. The molecule has 2 aromatic rings. The molecule has 0 bridgehead atoms. The van der Waals surface area contributed by atoms with Crippen molar-refractivity contribution in [2.75, 3.05) is 0 Å². The fraction of sp³-hybridized carbons (Fsp3) is 0.167. The minimum Gasteiger partial charge on any atom is -0.477 e. The van der Waals surface area contributed by atoms with Crippen LogP contribution in [0.5, 0.6) is 0 Å². The van der Waals surface area contributed by atoms with E-state index in [4.69, 9.17) is 5.11 Å². The van der Waals surface area contributed by atoms with Gasteiger partial charge in [0.2, 0.25) is 10.0 Å². The number of sulfonamides is 1. The smallest absolute Gasteiger partial charge is 0.354 e. The predicted molar refractivity (Wildman–Crippen MR) is 70.6 cm³/mol. The van der Waals surface area contributed by atoms with Crippen LogP contribution < -0.4 is 4.72 Å². The molecule has 20 heavy (non-hydrogen) atoms. The molecule has 0 aliphatic carbocycles. The highest BCUT2D eigenvalue weighted by Gasteiger charge is 2.14. The van der Waals surface area contributed by atoms with Gasteiger partial charge in [-0.3, -0.25) is 0 Å². The summed E-state index contributed by atoms with van der Waals surface area (Å²) in [6, 6.07) is 4.34. The molecule has 0 amide bonds. The fourth-order valence-corrected chi connectivity index (χ4v) is 2.62. The van der Waals surface area contributed by atoms with Gasteiger partial charge in [-0.15, -0.1) is 0 Å². The second-order valence-corrected chi connectivity index (χ2v) is 5.96. The van der Waals surface area contributed by atoms with E-state index in [9.17, 15) is 13.2 Å². The van der Waals surface area contributed by atoms with E-state index in [0.717, 1.165) is 0 Å². The Morgan fingerprint density at radius 3 is 2.65 bits per heavy atom. The molecule has 0 spiro atoms. The molecule has 2 aromatic heterocycles. The number of pyridine rings is 1. The van der Waals surface area contributed by atoms with Gasteiger partial charge in [0, 0.05) is 32.2 Å². The summed E-state index contributed by atoms with van der Waals surface area (Å²) >= 11 is 0. The van der Waals surface area contributed by atoms with E-state index in [1.807, 2.05) is 0 Å². The number of hydrogen-bond acceptors (Lipinski definition) is 4. The number of nitrogens with zero attached hydrogens (tertiary/aromatic N) is 2. The van der Waals surface area contributed by atoms with Crippen molar-refractivity contribution in [3.63, 3.8) is 0 Å². The van der Waals surface area contributed by atoms with Crippen LogP contribution in [0.25, 0.3) is 0 Å². The predicted octanol–water partition coefficient (Wildman–Crippen LogP) is 0.597. The number of carbonyl (C=O) groups is 1. The van der Waals surface area contributed by atoms with Crippen LogP contribution in [0.2, 0.25) is 0 Å². The molecule has 2 rings (SSSR count). The average molecular weight is 295 g/mol. The molecule has 0 atom stereocenters. The van der Waals surface area contributed by atoms with Crippen molar-refractivity contribution in [2.24, 2.45) is 7.05 Å². The number of carboxylic acid groups (broad SMARTS) is 1. The van der Waals surface area contributed by atoms with Gasteiger partial charge in [-0.2, -0.15) is 0 Å². The summed E-state index contributed by atoms with van der Waals surface area (Å²) in [5.41, 5.74) is 0.495. The summed E-state index contributed by atoms with van der Waals surface area (Å²) < 4.78 is 28.0. The van der Waals surface area contributed by atoms with Crippen molar-refractivity contribution in [3.8, 4) is 0 Å². The first-order valence-electron chi connectivity index (χ1n) is 5.68. The van der Waals surface area contributed by atoms with Crippen molar-refractivity contribution in [1.82, 2.24) is 14.3 Å². The molecule has 2 N–H and O–H groups in total. The Balaban J connectivity index is 2.06. The summed E-state index contributed by atoms with van der Waals surface area (Å²) in [6.07, 6.45) is 4.46. The molecule has 0 radical (unpaired) electrons. The van der Waals surface area contributed by atoms with Crippen molar-refractivity contribution < 1.29 is 18.3 Å². The van der Waals surface area contributed by atoms with E-state index in [2.05, 4.69) is 9.71 Å². The highest BCUT2D eigenvalue weighted by atomic mass is 32.2. The third-order valence-electron chi connectivity index (χ3n) is 2.63. The lowest BCUT2D eigenvalue weighted by Gasteiger charge is -2.05. The first-order valence-corrected chi connectivity index (χ1v) is 7.17. The lowest BCUT2D eigenvalue weighted by molar-refractivity contribution is 0.0690. The Bertz CT molecular complexity index is 719. The standard InChI is InChI=1S/C12H13N3O4S/c1-15-5-4-10(8-15)20(18,19)14-7-9-2-3-11(12(16)17)13-6-9/h2-6,8,14H,7H2,1H3,(H,16,17). The molecule has 106 valence electrons. The van der Waals surface area contributed by atoms with Crippen LogP contribution in [0.4, 0.5) is 0 Å². The van der Waals surface area contributed by atoms with Crippen molar-refractivity contribution in [1.29, 1.82) is 0 Å². The highest BCUT2D eigenvalue weighted by Crippen LogP contribution is 2.09. The maximum Gasteiger partial charge on any atom is 0.354 e. The quantitative estimate of drug-likeness (QED) is 0.841. The van der Waals surface area contributed by atoms with Gasteiger partial charge in [0.25, 0.3) is 0 Å². The van der Waals surface area contributed by atoms with E-state index in [0.29, 0.717) is 5.56 Å². The third-order valence-corrected chi connectivity index (χ3v) is 4.01. The van der Waals surface area contributed by atoms with Crippen LogP contribution in [0.15, 0.2) is 41.7 Å². The Labute approximate surface area is 115 Å². The largest absolute Gasteiger partial charge is 0.477 e. The number of aromatic nitrogens is 2. The van der Waals surface area contributed by atoms with Crippen molar-refractivity contribution in [2.45, 2.75) is 11.4 Å². The zero-order valence-electron chi connectivity index (χ0n) is 10.6. The first-order chi connectivity index (χ1) is 9.38. The molecule has 0 saturated heterocycles. The SMILES string of the molecule is Cn1ccc(S(=O)(=O)NCc2ccc(C(=O)O)nc2)c1. The minimum atomic E-state index is -3.58. The lowest BCUT2D eigenvalue weighted by atomic mass is 10.2. The van der Waals surface area contributed by atoms with Gasteiger partial charge < -0.3 is 9.67 Å². The van der Waals surface area contributed by atoms with Crippen LogP contribution in [-0.4, -0.2) is 29.0 Å². The average Bonchev–Trinajstić information content (AvgIpc) is 2.84. The van der Waals surface area contributed by atoms with Gasteiger partial charge in [0.15, 0.2) is 0 Å². The lowest BCUT2D eigenvalue weighted by Crippen LogP contribution is -2.23. The van der Waals surface area contributed by atoms with Crippen LogP contribution in [-0.2, 0) is 23.6 Å². The second-order valence-electron chi connectivity index (χ2n) is 4.19. The van der Waals surface area contributed by atoms with Crippen molar-refractivity contribution in [3.05, 3.63) is 48.0 Å². The monoisotopic (exact) mass is 295 g/mol. The van der Waals surface area contributed by atoms with Crippen LogP contribution in [0, 0.1) is 0 Å². The van der Waals surface area contributed by atoms with Crippen LogP contribution >= 0.6 is 0 Å². The number of aryl methyl sites for hydroxylation is 1. The highest BCUT2D eigenvalue weighted by molar-refractivity contribution is 7.89. The maximum absolute atomic E-state index is 12.0. The summed E-state index contributed by atoms with van der Waals surface area (Å²) in [5, 5.41) is 8.71. The Kier molecular flexibility index (Phi) is 3.86. The third kappa shape index (κ3) is 3.22. The van der Waals surface area contributed by atoms with Gasteiger partial charge in [0.05, 0.1) is 4.90 Å². The minimum absolute atomic E-state index is 0.0458. The number of carboxylic acids is 1. The molecule has 8 heteroatoms. The molecular weight excluding hydrogens is 282 g/mol. The second kappa shape index (κ2) is 5.43. The summed E-state index contributed by atoms with van der Waals surface area (Å²) in [7, 11) is -1.85.